The van der Waals surface area contributed by atoms with E-state index in [2.05, 4.69) is 42.7 Å². The summed E-state index contributed by atoms with van der Waals surface area (Å²) < 4.78 is 0.858. The number of aromatic nitrogens is 4. The number of carbonyl (C=O) groups excluding carboxylic acids is 1. The van der Waals surface area contributed by atoms with E-state index in [0.717, 1.165) is 15.6 Å². The Morgan fingerprint density at radius 1 is 1.20 bits per heavy atom. The highest BCUT2D eigenvalue weighted by Gasteiger charge is 2.11. The standard InChI is InChI=1S/C17H13BrN6O/c18-15-4-2-1-3-14(15)17-21-23-24(22-17)11-16(25)20-13-7-5-12(6-8-13)9-10-19/h1-8H,9,11H2,(H,20,25). The van der Waals surface area contributed by atoms with Gasteiger partial charge in [0.2, 0.25) is 11.7 Å². The number of hydrogen-bond donors (Lipinski definition) is 1. The number of nitrogens with one attached hydrogen (secondary N) is 1. The molecule has 0 spiro atoms. The van der Waals surface area contributed by atoms with Crippen LogP contribution < -0.4 is 5.32 Å². The summed E-state index contributed by atoms with van der Waals surface area (Å²) in [7, 11) is 0. The zero-order valence-corrected chi connectivity index (χ0v) is 14.6. The Balaban J connectivity index is 1.64. The third-order valence-electron chi connectivity index (χ3n) is 3.37. The van der Waals surface area contributed by atoms with Crippen molar-refractivity contribution < 1.29 is 4.79 Å². The van der Waals surface area contributed by atoms with Gasteiger partial charge in [0.15, 0.2) is 0 Å². The molecular weight excluding hydrogens is 384 g/mol. The SMILES string of the molecule is N#CCc1ccc(NC(=O)Cn2nnc(-c3ccccc3Br)n2)cc1. The topological polar surface area (TPSA) is 96.5 Å². The molecule has 3 rings (SSSR count). The third-order valence-corrected chi connectivity index (χ3v) is 4.07. The van der Waals surface area contributed by atoms with Gasteiger partial charge in [0.25, 0.3) is 0 Å². The summed E-state index contributed by atoms with van der Waals surface area (Å²) in [5, 5.41) is 23.5. The number of anilines is 1. The van der Waals surface area contributed by atoms with Crippen molar-refractivity contribution >= 4 is 27.5 Å². The minimum absolute atomic E-state index is 0.0442. The quantitative estimate of drug-likeness (QED) is 0.714. The molecular formula is C17H13BrN6O. The summed E-state index contributed by atoms with van der Waals surface area (Å²) in [6.07, 6.45) is 0.342. The number of carbonyl (C=O) groups is 1. The number of nitriles is 1. The number of hydrogen-bond acceptors (Lipinski definition) is 5. The molecule has 8 heteroatoms. The van der Waals surface area contributed by atoms with Crippen molar-refractivity contribution in [2.24, 2.45) is 0 Å². The van der Waals surface area contributed by atoms with Crippen LogP contribution in [0.4, 0.5) is 5.69 Å². The lowest BCUT2D eigenvalue weighted by molar-refractivity contribution is -0.117. The van der Waals surface area contributed by atoms with E-state index in [0.29, 0.717) is 17.9 Å². The van der Waals surface area contributed by atoms with Gasteiger partial charge in [-0.15, -0.1) is 10.2 Å². The van der Waals surface area contributed by atoms with Gasteiger partial charge in [0, 0.05) is 15.7 Å². The summed E-state index contributed by atoms with van der Waals surface area (Å²) in [6, 6.07) is 16.7. The summed E-state index contributed by atoms with van der Waals surface area (Å²) in [6.45, 7) is -0.0442. The summed E-state index contributed by atoms with van der Waals surface area (Å²) in [4.78, 5) is 13.3. The fourth-order valence-corrected chi connectivity index (χ4v) is 2.65. The minimum Gasteiger partial charge on any atom is -0.324 e. The highest BCUT2D eigenvalue weighted by atomic mass is 79.9. The average Bonchev–Trinajstić information content (AvgIpc) is 3.05. The molecule has 3 aromatic rings. The Bertz CT molecular complexity index is 929. The molecule has 0 aliphatic heterocycles. The third kappa shape index (κ3) is 4.28. The summed E-state index contributed by atoms with van der Waals surface area (Å²) in [5.41, 5.74) is 2.36. The van der Waals surface area contributed by atoms with Crippen LogP contribution in [0.1, 0.15) is 5.56 Å². The van der Waals surface area contributed by atoms with E-state index in [4.69, 9.17) is 5.26 Å². The Morgan fingerprint density at radius 2 is 1.96 bits per heavy atom. The molecule has 0 radical (unpaired) electrons. The second-order valence-electron chi connectivity index (χ2n) is 5.20. The first kappa shape index (κ1) is 16.8. The Kier molecular flexibility index (Phi) is 5.16. The highest BCUT2D eigenvalue weighted by Crippen LogP contribution is 2.24. The van der Waals surface area contributed by atoms with Gasteiger partial charge < -0.3 is 5.32 Å². The van der Waals surface area contributed by atoms with Crippen molar-refractivity contribution in [2.75, 3.05) is 5.32 Å². The van der Waals surface area contributed by atoms with Crippen LogP contribution >= 0.6 is 15.9 Å². The van der Waals surface area contributed by atoms with Crippen LogP contribution in [0.15, 0.2) is 53.0 Å². The lowest BCUT2D eigenvalue weighted by Crippen LogP contribution is -2.20. The fourth-order valence-electron chi connectivity index (χ4n) is 2.19. The molecule has 1 amide bonds. The molecule has 2 aromatic carbocycles. The lowest BCUT2D eigenvalue weighted by Gasteiger charge is -2.05. The molecule has 0 saturated heterocycles. The molecule has 0 aliphatic rings. The fraction of sp³-hybridized carbons (Fsp3) is 0.118. The van der Waals surface area contributed by atoms with E-state index in [1.807, 2.05) is 24.3 Å². The highest BCUT2D eigenvalue weighted by molar-refractivity contribution is 9.10. The van der Waals surface area contributed by atoms with E-state index in [1.54, 1.807) is 24.3 Å². The van der Waals surface area contributed by atoms with Crippen LogP contribution in [0.2, 0.25) is 0 Å². The molecule has 0 aliphatic carbocycles. The predicted molar refractivity (Wildman–Crippen MR) is 95.3 cm³/mol. The first-order chi connectivity index (χ1) is 12.2. The Labute approximate surface area is 152 Å². The summed E-state index contributed by atoms with van der Waals surface area (Å²) >= 11 is 3.44. The maximum Gasteiger partial charge on any atom is 0.248 e. The van der Waals surface area contributed by atoms with Crippen molar-refractivity contribution in [3.8, 4) is 17.5 Å². The second kappa shape index (κ2) is 7.68. The number of tetrazole rings is 1. The normalized spacial score (nSPS) is 10.2. The van der Waals surface area contributed by atoms with Crippen LogP contribution in [0.3, 0.4) is 0 Å². The largest absolute Gasteiger partial charge is 0.324 e. The van der Waals surface area contributed by atoms with Gasteiger partial charge in [-0.1, -0.05) is 40.2 Å². The predicted octanol–water partition coefficient (Wildman–Crippen LogP) is 2.81. The maximum absolute atomic E-state index is 12.1. The number of nitrogens with zero attached hydrogens (tertiary/aromatic N) is 5. The Hall–Kier alpha value is -3.05. The van der Waals surface area contributed by atoms with Crippen molar-refractivity contribution in [1.29, 1.82) is 5.26 Å². The maximum atomic E-state index is 12.1. The van der Waals surface area contributed by atoms with E-state index >= 15 is 0 Å². The van der Waals surface area contributed by atoms with Gasteiger partial charge >= 0.3 is 0 Å². The smallest absolute Gasteiger partial charge is 0.248 e. The van der Waals surface area contributed by atoms with Gasteiger partial charge in [-0.05, 0) is 35.0 Å². The molecule has 7 nitrogen and oxygen atoms in total. The van der Waals surface area contributed by atoms with Crippen LogP contribution in [0.25, 0.3) is 11.4 Å². The summed E-state index contributed by atoms with van der Waals surface area (Å²) in [5.74, 6) is 0.185. The van der Waals surface area contributed by atoms with Crippen LogP contribution in [0, 0.1) is 11.3 Å². The lowest BCUT2D eigenvalue weighted by atomic mass is 10.1. The van der Waals surface area contributed by atoms with Crippen molar-refractivity contribution in [2.45, 2.75) is 13.0 Å². The van der Waals surface area contributed by atoms with Crippen molar-refractivity contribution in [3.05, 3.63) is 58.6 Å². The molecule has 0 unspecified atom stereocenters. The number of benzene rings is 2. The monoisotopic (exact) mass is 396 g/mol. The van der Waals surface area contributed by atoms with Gasteiger partial charge in [0.05, 0.1) is 12.5 Å². The first-order valence-corrected chi connectivity index (χ1v) is 8.23. The number of amides is 1. The molecule has 0 atom stereocenters. The molecule has 124 valence electrons. The van der Waals surface area contributed by atoms with Crippen LogP contribution in [-0.2, 0) is 17.8 Å². The van der Waals surface area contributed by atoms with Gasteiger partial charge in [-0.25, -0.2) is 0 Å². The molecule has 0 bridgehead atoms. The van der Waals surface area contributed by atoms with Gasteiger partial charge in [-0.3, -0.25) is 4.79 Å². The number of halogens is 1. The molecule has 1 heterocycles. The zero-order chi connectivity index (χ0) is 17.6. The van der Waals surface area contributed by atoms with E-state index in [9.17, 15) is 4.79 Å². The van der Waals surface area contributed by atoms with Crippen molar-refractivity contribution in [3.63, 3.8) is 0 Å². The van der Waals surface area contributed by atoms with Gasteiger partial charge in [-0.2, -0.15) is 10.1 Å². The van der Waals surface area contributed by atoms with Crippen LogP contribution in [-0.4, -0.2) is 26.1 Å². The van der Waals surface area contributed by atoms with E-state index in [1.165, 1.54) is 4.80 Å². The van der Waals surface area contributed by atoms with Crippen LogP contribution in [0.5, 0.6) is 0 Å². The second-order valence-corrected chi connectivity index (χ2v) is 6.06. The molecule has 0 saturated carbocycles. The zero-order valence-electron chi connectivity index (χ0n) is 13.1. The van der Waals surface area contributed by atoms with E-state index < -0.39 is 0 Å². The average molecular weight is 397 g/mol. The molecule has 25 heavy (non-hydrogen) atoms. The minimum atomic E-state index is -0.260. The van der Waals surface area contributed by atoms with Crippen molar-refractivity contribution in [1.82, 2.24) is 20.2 Å². The first-order valence-electron chi connectivity index (χ1n) is 7.44. The molecule has 1 N–H and O–H groups in total. The molecule has 0 fully saturated rings. The Morgan fingerprint density at radius 3 is 2.68 bits per heavy atom. The molecule has 1 aromatic heterocycles. The van der Waals surface area contributed by atoms with E-state index in [-0.39, 0.29) is 12.5 Å². The van der Waals surface area contributed by atoms with Gasteiger partial charge in [0.1, 0.15) is 6.54 Å². The number of rotatable bonds is 5.